The molecule has 2 heterocycles. The van der Waals surface area contributed by atoms with Gasteiger partial charge in [0.05, 0.1) is 20.8 Å². The predicted molar refractivity (Wildman–Crippen MR) is 124 cm³/mol. The lowest BCUT2D eigenvalue weighted by Crippen LogP contribution is -2.21. The zero-order chi connectivity index (χ0) is 23.8. The Morgan fingerprint density at radius 3 is 2.58 bits per heavy atom. The van der Waals surface area contributed by atoms with Gasteiger partial charge in [-0.3, -0.25) is 4.79 Å². The quantitative estimate of drug-likeness (QED) is 0.445. The summed E-state index contributed by atoms with van der Waals surface area (Å²) in [6.07, 6.45) is 1.11. The van der Waals surface area contributed by atoms with Crippen LogP contribution >= 0.6 is 11.3 Å². The van der Waals surface area contributed by atoms with Gasteiger partial charge in [0, 0.05) is 23.8 Å². The molecule has 0 unspecified atom stereocenters. The number of hydrogen-bond donors (Lipinski definition) is 3. The molecule has 176 valence electrons. The average molecular weight is 476 g/mol. The van der Waals surface area contributed by atoms with Crippen LogP contribution in [-0.4, -0.2) is 32.7 Å². The molecule has 0 atom stereocenters. The van der Waals surface area contributed by atoms with Crippen molar-refractivity contribution in [1.29, 1.82) is 0 Å². The molecule has 6 nitrogen and oxygen atoms in total. The largest absolute Gasteiger partial charge is 0.396 e. The molecule has 0 radical (unpaired) electrons. The van der Waals surface area contributed by atoms with E-state index < -0.39 is 23.6 Å². The molecule has 3 N–H and O–H groups in total. The van der Waals surface area contributed by atoms with E-state index in [1.54, 1.807) is 37.3 Å². The molecule has 1 saturated carbocycles. The van der Waals surface area contributed by atoms with Crippen molar-refractivity contribution in [2.75, 3.05) is 11.9 Å². The third kappa shape index (κ3) is 5.20. The van der Waals surface area contributed by atoms with Gasteiger partial charge in [-0.2, -0.15) is 0 Å². The van der Waals surface area contributed by atoms with Gasteiger partial charge >= 0.3 is 0 Å². The number of thiazole rings is 1. The molecule has 0 spiro atoms. The van der Waals surface area contributed by atoms with E-state index in [4.69, 9.17) is 4.98 Å². The monoisotopic (exact) mass is 475 g/mol. The average Bonchev–Trinajstić information content (AvgIpc) is 3.21. The molecule has 2 aromatic heterocycles. The Morgan fingerprint density at radius 1 is 1.21 bits per heavy atom. The molecule has 1 amide bonds. The first-order chi connectivity index (χ1) is 15.7. The van der Waals surface area contributed by atoms with E-state index in [-0.39, 0.29) is 12.3 Å². The minimum atomic E-state index is -2.77. The zero-order valence-corrected chi connectivity index (χ0v) is 19.3. The molecule has 0 bridgehead atoms. The van der Waals surface area contributed by atoms with Crippen molar-refractivity contribution in [1.82, 2.24) is 9.97 Å². The lowest BCUT2D eigenvalue weighted by atomic mass is 9.83. The first-order valence-corrected chi connectivity index (χ1v) is 11.8. The summed E-state index contributed by atoms with van der Waals surface area (Å²) in [6.45, 7) is 3.45. The first kappa shape index (κ1) is 23.7. The molecular formula is C24H27F2N3O3S. The van der Waals surface area contributed by atoms with Crippen LogP contribution in [-0.2, 0) is 5.60 Å². The maximum Gasteiger partial charge on any atom is 0.280 e. The Kier molecular flexibility index (Phi) is 6.74. The highest BCUT2D eigenvalue weighted by Gasteiger charge is 2.27. The fourth-order valence-corrected chi connectivity index (χ4v) is 5.41. The van der Waals surface area contributed by atoms with Gasteiger partial charge in [-0.15, -0.1) is 11.3 Å². The standard InChI is InChI=1S/C24H27F2N3O3S/c1-24(2,32)15-10-19-20(33-23(29-19)14-8-6-13(12-30)7-9-14)11-18(15)28-22(31)17-5-3-4-16(27-17)21(25)26/h3-5,10-11,13-14,21,30,32H,6-9,12H2,1-2H3,(H,28,31)/t13-,14-. The second-order valence-electron chi connectivity index (χ2n) is 9.08. The van der Waals surface area contributed by atoms with Crippen molar-refractivity contribution in [2.45, 2.75) is 57.5 Å². The topological polar surface area (TPSA) is 95.3 Å². The molecule has 9 heteroatoms. The molecule has 0 saturated heterocycles. The van der Waals surface area contributed by atoms with Crippen molar-refractivity contribution in [3.05, 3.63) is 52.3 Å². The van der Waals surface area contributed by atoms with Gasteiger partial charge in [0.2, 0.25) is 0 Å². The SMILES string of the molecule is CC(C)(O)c1cc2nc([C@H]3CC[C@H](CO)CC3)sc2cc1NC(=O)c1cccc(C(F)F)n1. The highest BCUT2D eigenvalue weighted by atomic mass is 32.1. The molecule has 1 aromatic carbocycles. The first-order valence-electron chi connectivity index (χ1n) is 11.0. The summed E-state index contributed by atoms with van der Waals surface area (Å²) >= 11 is 1.55. The Bertz CT molecular complexity index is 1150. The highest BCUT2D eigenvalue weighted by molar-refractivity contribution is 7.18. The number of rotatable bonds is 6. The van der Waals surface area contributed by atoms with Crippen molar-refractivity contribution in [2.24, 2.45) is 5.92 Å². The number of aliphatic hydroxyl groups excluding tert-OH is 1. The van der Waals surface area contributed by atoms with Crippen LogP contribution in [0.1, 0.15) is 78.6 Å². The number of halogens is 2. The lowest BCUT2D eigenvalue weighted by Gasteiger charge is -2.25. The summed E-state index contributed by atoms with van der Waals surface area (Å²) in [7, 11) is 0. The van der Waals surface area contributed by atoms with Crippen LogP contribution in [0, 0.1) is 5.92 Å². The predicted octanol–water partition coefficient (Wildman–Crippen LogP) is 5.37. The van der Waals surface area contributed by atoms with Gasteiger partial charge in [-0.1, -0.05) is 6.07 Å². The fraction of sp³-hybridized carbons (Fsp3) is 0.458. The van der Waals surface area contributed by atoms with E-state index in [1.807, 2.05) is 0 Å². The maximum atomic E-state index is 13.0. The number of amides is 1. The number of nitrogens with one attached hydrogen (secondary N) is 1. The Hall–Kier alpha value is -2.49. The number of aliphatic hydroxyl groups is 2. The number of hydrogen-bond acceptors (Lipinski definition) is 6. The number of nitrogens with zero attached hydrogens (tertiary/aromatic N) is 2. The van der Waals surface area contributed by atoms with Crippen molar-refractivity contribution < 1.29 is 23.8 Å². The molecule has 1 fully saturated rings. The highest BCUT2D eigenvalue weighted by Crippen LogP contribution is 2.41. The molecule has 1 aliphatic rings. The van der Waals surface area contributed by atoms with E-state index >= 15 is 0 Å². The van der Waals surface area contributed by atoms with E-state index in [9.17, 15) is 23.8 Å². The van der Waals surface area contributed by atoms with Crippen molar-refractivity contribution in [3.8, 4) is 0 Å². The van der Waals surface area contributed by atoms with Crippen LogP contribution in [0.5, 0.6) is 0 Å². The van der Waals surface area contributed by atoms with Crippen LogP contribution in [0.4, 0.5) is 14.5 Å². The van der Waals surface area contributed by atoms with Gasteiger partial charge in [0.25, 0.3) is 12.3 Å². The second-order valence-corrected chi connectivity index (χ2v) is 10.1. The van der Waals surface area contributed by atoms with Crippen LogP contribution in [0.3, 0.4) is 0 Å². The molecule has 3 aromatic rings. The van der Waals surface area contributed by atoms with Crippen LogP contribution in [0.2, 0.25) is 0 Å². The maximum absolute atomic E-state index is 13.0. The molecule has 4 rings (SSSR count). The minimum absolute atomic E-state index is 0.125. The Balaban J connectivity index is 1.65. The van der Waals surface area contributed by atoms with E-state index in [0.717, 1.165) is 40.9 Å². The summed E-state index contributed by atoms with van der Waals surface area (Å²) in [5.41, 5.74) is -0.244. The number of carbonyl (C=O) groups is 1. The number of anilines is 1. The molecule has 1 aliphatic carbocycles. The number of benzene rings is 1. The number of pyridine rings is 1. The normalized spacial score (nSPS) is 19.2. The number of aromatic nitrogens is 2. The summed E-state index contributed by atoms with van der Waals surface area (Å²) in [6, 6.07) is 7.45. The van der Waals surface area contributed by atoms with E-state index in [2.05, 4.69) is 10.3 Å². The Labute approximate surface area is 194 Å². The van der Waals surface area contributed by atoms with E-state index in [1.165, 1.54) is 18.2 Å². The number of fused-ring (bicyclic) bond motifs is 1. The third-order valence-electron chi connectivity index (χ3n) is 6.13. The summed E-state index contributed by atoms with van der Waals surface area (Å²) < 4.78 is 26.8. The van der Waals surface area contributed by atoms with Gasteiger partial charge < -0.3 is 15.5 Å². The molecular weight excluding hydrogens is 448 g/mol. The Morgan fingerprint density at radius 2 is 1.94 bits per heavy atom. The van der Waals surface area contributed by atoms with Gasteiger partial charge in [0.1, 0.15) is 11.4 Å². The smallest absolute Gasteiger partial charge is 0.280 e. The summed E-state index contributed by atoms with van der Waals surface area (Å²) in [4.78, 5) is 21.3. The minimum Gasteiger partial charge on any atom is -0.396 e. The fourth-order valence-electron chi connectivity index (χ4n) is 4.25. The zero-order valence-electron chi connectivity index (χ0n) is 18.5. The van der Waals surface area contributed by atoms with Gasteiger partial charge in [-0.05, 0) is 69.7 Å². The molecule has 0 aliphatic heterocycles. The third-order valence-corrected chi connectivity index (χ3v) is 7.31. The number of carbonyl (C=O) groups excluding carboxylic acids is 1. The number of alkyl halides is 2. The van der Waals surface area contributed by atoms with Gasteiger partial charge in [0.15, 0.2) is 0 Å². The summed E-state index contributed by atoms with van der Waals surface area (Å²) in [5, 5.41) is 23.9. The lowest BCUT2D eigenvalue weighted by molar-refractivity contribution is 0.0794. The second kappa shape index (κ2) is 9.40. The summed E-state index contributed by atoms with van der Waals surface area (Å²) in [5.74, 6) is 0.0564. The van der Waals surface area contributed by atoms with Crippen LogP contribution in [0.25, 0.3) is 10.2 Å². The van der Waals surface area contributed by atoms with Crippen molar-refractivity contribution >= 4 is 33.1 Å². The van der Waals surface area contributed by atoms with E-state index in [0.29, 0.717) is 23.1 Å². The van der Waals surface area contributed by atoms with Crippen molar-refractivity contribution in [3.63, 3.8) is 0 Å². The van der Waals surface area contributed by atoms with Gasteiger partial charge in [-0.25, -0.2) is 18.7 Å². The van der Waals surface area contributed by atoms with Crippen LogP contribution < -0.4 is 5.32 Å². The van der Waals surface area contributed by atoms with Crippen LogP contribution in [0.15, 0.2) is 30.3 Å². The molecule has 33 heavy (non-hydrogen) atoms.